The highest BCUT2D eigenvalue weighted by atomic mass is 35.5. The Morgan fingerprint density at radius 1 is 1.04 bits per heavy atom. The second-order valence-corrected chi connectivity index (χ2v) is 7.19. The minimum Gasteiger partial charge on any atom is -0.331 e. The quantitative estimate of drug-likeness (QED) is 0.631. The maximum Gasteiger partial charge on any atom is 0.163 e. The van der Waals surface area contributed by atoms with E-state index in [2.05, 4.69) is 20.6 Å². The van der Waals surface area contributed by atoms with Crippen LogP contribution in [-0.2, 0) is 0 Å². The van der Waals surface area contributed by atoms with Crippen LogP contribution < -0.4 is 10.6 Å². The van der Waals surface area contributed by atoms with Crippen molar-refractivity contribution in [2.24, 2.45) is 4.99 Å². The van der Waals surface area contributed by atoms with Crippen LogP contribution in [0.4, 0.5) is 5.82 Å². The van der Waals surface area contributed by atoms with Crippen LogP contribution in [0, 0.1) is 0 Å². The van der Waals surface area contributed by atoms with Gasteiger partial charge in [0.25, 0.3) is 0 Å². The molecular weight excluding hydrogens is 381 g/mol. The fourth-order valence-corrected chi connectivity index (χ4v) is 3.36. The maximum atomic E-state index is 6.38. The molecule has 0 spiro atoms. The van der Waals surface area contributed by atoms with Crippen molar-refractivity contribution in [2.75, 3.05) is 11.9 Å². The third kappa shape index (κ3) is 3.61. The van der Waals surface area contributed by atoms with Crippen LogP contribution >= 0.6 is 23.2 Å². The zero-order valence-electron chi connectivity index (χ0n) is 14.8. The molecule has 0 amide bonds. The Morgan fingerprint density at radius 2 is 1.85 bits per heavy atom. The first kappa shape index (κ1) is 17.8. The average Bonchev–Trinajstić information content (AvgIpc) is 2.64. The predicted molar refractivity (Wildman–Crippen MR) is 112 cm³/mol. The molecule has 2 N–H and O–H groups in total. The van der Waals surface area contributed by atoms with E-state index in [0.29, 0.717) is 28.2 Å². The second-order valence-electron chi connectivity index (χ2n) is 6.34. The molecule has 0 aliphatic carbocycles. The van der Waals surface area contributed by atoms with Crippen LogP contribution in [0.5, 0.6) is 0 Å². The topological polar surface area (TPSA) is 62.2 Å². The van der Waals surface area contributed by atoms with Gasteiger partial charge in [-0.2, -0.15) is 0 Å². The van der Waals surface area contributed by atoms with Crippen molar-refractivity contribution in [3.05, 3.63) is 63.9 Å². The van der Waals surface area contributed by atoms with E-state index in [-0.39, 0.29) is 0 Å². The van der Waals surface area contributed by atoms with Crippen LogP contribution in [0.3, 0.4) is 0 Å². The molecule has 27 heavy (non-hydrogen) atoms. The summed E-state index contributed by atoms with van der Waals surface area (Å²) in [7, 11) is 0. The summed E-state index contributed by atoms with van der Waals surface area (Å²) in [5.41, 5.74) is 2.67. The van der Waals surface area contributed by atoms with Gasteiger partial charge in [-0.05, 0) is 49.8 Å². The number of nitrogens with zero attached hydrogens (tertiary/aromatic N) is 3. The van der Waals surface area contributed by atoms with Gasteiger partial charge in [-0.15, -0.1) is 0 Å². The first-order valence-electron chi connectivity index (χ1n) is 8.48. The van der Waals surface area contributed by atoms with Gasteiger partial charge in [0, 0.05) is 16.0 Å². The molecule has 0 saturated carbocycles. The number of aliphatic imine (C=N–C) groups is 1. The fraction of sp³-hybridized carbons (Fsp3) is 0.150. The molecule has 4 rings (SSSR count). The van der Waals surface area contributed by atoms with Gasteiger partial charge in [0.15, 0.2) is 5.82 Å². The van der Waals surface area contributed by atoms with Gasteiger partial charge in [0.2, 0.25) is 0 Å². The zero-order valence-corrected chi connectivity index (χ0v) is 16.4. The van der Waals surface area contributed by atoms with E-state index < -0.39 is 0 Å². The van der Waals surface area contributed by atoms with Crippen molar-refractivity contribution < 1.29 is 0 Å². The standard InChI is InChI=1S/C20H17Cl2N5/c1-11-10-23-12(2)24-18(11)26-20-15-5-3-4-6-17(15)25-19(27-20)14-8-7-13(21)9-16(14)22/h3-9H,10H2,1-2H3,(H,23,24)(H,25,26,27). The number of aromatic nitrogens is 2. The van der Waals surface area contributed by atoms with E-state index in [4.69, 9.17) is 28.2 Å². The average molecular weight is 398 g/mol. The lowest BCUT2D eigenvalue weighted by Crippen LogP contribution is -2.30. The second kappa shape index (κ2) is 7.18. The van der Waals surface area contributed by atoms with Crippen molar-refractivity contribution in [3.63, 3.8) is 0 Å². The molecule has 2 heterocycles. The Balaban J connectivity index is 1.84. The summed E-state index contributed by atoms with van der Waals surface area (Å²) in [5.74, 6) is 3.00. The van der Waals surface area contributed by atoms with Crippen molar-refractivity contribution in [3.8, 4) is 11.4 Å². The van der Waals surface area contributed by atoms with E-state index >= 15 is 0 Å². The summed E-state index contributed by atoms with van der Waals surface area (Å²) in [4.78, 5) is 13.8. The molecule has 0 unspecified atom stereocenters. The van der Waals surface area contributed by atoms with E-state index in [1.807, 2.05) is 44.2 Å². The number of nitrogens with one attached hydrogen (secondary N) is 2. The van der Waals surface area contributed by atoms with Crippen molar-refractivity contribution in [1.82, 2.24) is 15.3 Å². The lowest BCUT2D eigenvalue weighted by Gasteiger charge is -2.20. The Bertz CT molecular complexity index is 1100. The number of para-hydroxylation sites is 1. The molecule has 0 radical (unpaired) electrons. The number of benzene rings is 2. The number of halogens is 2. The molecule has 0 fully saturated rings. The fourth-order valence-electron chi connectivity index (χ4n) is 2.86. The van der Waals surface area contributed by atoms with Crippen LogP contribution in [0.2, 0.25) is 10.0 Å². The first-order chi connectivity index (χ1) is 13.0. The molecule has 0 bridgehead atoms. The molecule has 1 aromatic heterocycles. The van der Waals surface area contributed by atoms with Gasteiger partial charge in [-0.25, -0.2) is 9.97 Å². The smallest absolute Gasteiger partial charge is 0.163 e. The van der Waals surface area contributed by atoms with E-state index in [1.165, 1.54) is 0 Å². The molecule has 7 heteroatoms. The van der Waals surface area contributed by atoms with Gasteiger partial charge < -0.3 is 10.6 Å². The minimum atomic E-state index is 0.512. The monoisotopic (exact) mass is 397 g/mol. The molecule has 1 aliphatic heterocycles. The SMILES string of the molecule is CC1=NCC(C)=C(Nc2nc(-c3ccc(Cl)cc3Cl)nc3ccccc23)N1. The normalized spacial score (nSPS) is 14.1. The van der Waals surface area contributed by atoms with E-state index in [1.54, 1.807) is 12.1 Å². The number of hydrogen-bond acceptors (Lipinski definition) is 5. The molecule has 2 aromatic carbocycles. The number of amidine groups is 1. The summed E-state index contributed by atoms with van der Waals surface area (Å²) in [5, 5.41) is 8.69. The molecule has 1 aliphatic rings. The lowest BCUT2D eigenvalue weighted by molar-refractivity contribution is 0.947. The van der Waals surface area contributed by atoms with Crippen LogP contribution in [0.1, 0.15) is 13.8 Å². The molecule has 136 valence electrons. The van der Waals surface area contributed by atoms with Crippen molar-refractivity contribution in [1.29, 1.82) is 0 Å². The third-order valence-electron chi connectivity index (χ3n) is 4.30. The third-order valence-corrected chi connectivity index (χ3v) is 4.85. The van der Waals surface area contributed by atoms with Gasteiger partial charge in [0.1, 0.15) is 11.6 Å². The predicted octanol–water partition coefficient (Wildman–Crippen LogP) is 5.27. The number of fused-ring (bicyclic) bond motifs is 1. The Morgan fingerprint density at radius 3 is 2.67 bits per heavy atom. The van der Waals surface area contributed by atoms with Crippen LogP contribution in [0.15, 0.2) is 58.9 Å². The number of hydrogen-bond donors (Lipinski definition) is 2. The molecule has 0 atom stereocenters. The number of anilines is 1. The molecule has 0 saturated heterocycles. The van der Waals surface area contributed by atoms with Gasteiger partial charge >= 0.3 is 0 Å². The van der Waals surface area contributed by atoms with Gasteiger partial charge in [-0.3, -0.25) is 4.99 Å². The zero-order chi connectivity index (χ0) is 19.0. The lowest BCUT2D eigenvalue weighted by atomic mass is 10.1. The van der Waals surface area contributed by atoms with Gasteiger partial charge in [0.05, 0.1) is 22.9 Å². The van der Waals surface area contributed by atoms with Crippen molar-refractivity contribution >= 4 is 45.8 Å². The Labute approximate surface area is 167 Å². The van der Waals surface area contributed by atoms with Crippen LogP contribution in [0.25, 0.3) is 22.3 Å². The molecular formula is C20H17Cl2N5. The highest BCUT2D eigenvalue weighted by molar-refractivity contribution is 6.36. The van der Waals surface area contributed by atoms with Gasteiger partial charge in [-0.1, -0.05) is 35.3 Å². The summed E-state index contributed by atoms with van der Waals surface area (Å²) in [6.07, 6.45) is 0. The Hall–Kier alpha value is -2.63. The summed E-state index contributed by atoms with van der Waals surface area (Å²) < 4.78 is 0. The summed E-state index contributed by atoms with van der Waals surface area (Å²) >= 11 is 12.4. The van der Waals surface area contributed by atoms with Crippen molar-refractivity contribution in [2.45, 2.75) is 13.8 Å². The molecule has 5 nitrogen and oxygen atoms in total. The summed E-state index contributed by atoms with van der Waals surface area (Å²) in [6.45, 7) is 4.62. The Kier molecular flexibility index (Phi) is 4.72. The first-order valence-corrected chi connectivity index (χ1v) is 9.24. The van der Waals surface area contributed by atoms with Crippen LogP contribution in [-0.4, -0.2) is 22.3 Å². The highest BCUT2D eigenvalue weighted by Gasteiger charge is 2.15. The maximum absolute atomic E-state index is 6.38. The minimum absolute atomic E-state index is 0.512. The largest absolute Gasteiger partial charge is 0.331 e. The summed E-state index contributed by atoms with van der Waals surface area (Å²) in [6, 6.07) is 13.2. The van der Waals surface area contributed by atoms with E-state index in [0.717, 1.165) is 33.7 Å². The highest BCUT2D eigenvalue weighted by Crippen LogP contribution is 2.31. The number of rotatable bonds is 3. The van der Waals surface area contributed by atoms with E-state index in [9.17, 15) is 0 Å². The molecule has 3 aromatic rings.